The molecule has 0 saturated carbocycles. The van der Waals surface area contributed by atoms with Crippen LogP contribution in [-0.2, 0) is 4.74 Å². The molecule has 26 heavy (non-hydrogen) atoms. The number of ether oxygens (including phenoxy) is 2. The Bertz CT molecular complexity index is 925. The summed E-state index contributed by atoms with van der Waals surface area (Å²) in [6, 6.07) is 11.9. The second-order valence-electron chi connectivity index (χ2n) is 5.32. The predicted molar refractivity (Wildman–Crippen MR) is 96.6 cm³/mol. The van der Waals surface area contributed by atoms with Crippen LogP contribution in [0, 0.1) is 0 Å². The number of carbonyl (C=O) groups is 1. The zero-order chi connectivity index (χ0) is 18.7. The highest BCUT2D eigenvalue weighted by Gasteiger charge is 2.22. The first-order valence-electron chi connectivity index (χ1n) is 7.62. The molecule has 3 aromatic rings. The Labute approximate surface area is 159 Å². The Kier molecular flexibility index (Phi) is 5.44. The molecule has 0 spiro atoms. The highest BCUT2D eigenvalue weighted by molar-refractivity contribution is 6.43. The number of nitrogens with zero attached hydrogens (tertiary/aromatic N) is 2. The number of hydrogen-bond donors (Lipinski definition) is 0. The van der Waals surface area contributed by atoms with Crippen molar-refractivity contribution in [1.82, 2.24) is 10.2 Å². The number of esters is 1. The van der Waals surface area contributed by atoms with Gasteiger partial charge in [-0.1, -0.05) is 29.3 Å². The molecular weight excluding hydrogens is 379 g/mol. The Morgan fingerprint density at radius 2 is 1.85 bits per heavy atom. The van der Waals surface area contributed by atoms with Crippen molar-refractivity contribution in [3.05, 3.63) is 64.0 Å². The van der Waals surface area contributed by atoms with E-state index < -0.39 is 12.1 Å². The van der Waals surface area contributed by atoms with E-state index in [1.807, 2.05) is 0 Å². The van der Waals surface area contributed by atoms with Gasteiger partial charge in [0.15, 0.2) is 6.10 Å². The third-order valence-electron chi connectivity index (χ3n) is 3.58. The van der Waals surface area contributed by atoms with Crippen LogP contribution in [0.15, 0.2) is 46.9 Å². The van der Waals surface area contributed by atoms with Crippen molar-refractivity contribution in [3.63, 3.8) is 0 Å². The quantitative estimate of drug-likeness (QED) is 0.570. The first-order valence-corrected chi connectivity index (χ1v) is 8.38. The van der Waals surface area contributed by atoms with Crippen LogP contribution in [0.4, 0.5) is 0 Å². The van der Waals surface area contributed by atoms with E-state index in [9.17, 15) is 4.79 Å². The molecule has 2 aromatic carbocycles. The van der Waals surface area contributed by atoms with E-state index in [1.165, 1.54) is 6.07 Å². The van der Waals surface area contributed by atoms with Crippen LogP contribution < -0.4 is 4.74 Å². The molecule has 0 aliphatic carbocycles. The maximum absolute atomic E-state index is 12.3. The van der Waals surface area contributed by atoms with Gasteiger partial charge in [0.05, 0.1) is 22.7 Å². The van der Waals surface area contributed by atoms with Crippen molar-refractivity contribution in [2.24, 2.45) is 0 Å². The lowest BCUT2D eigenvalue weighted by Gasteiger charge is -2.10. The van der Waals surface area contributed by atoms with Crippen molar-refractivity contribution < 1.29 is 18.7 Å². The van der Waals surface area contributed by atoms with Crippen LogP contribution in [-0.4, -0.2) is 23.3 Å². The smallest absolute Gasteiger partial charge is 0.340 e. The molecule has 0 radical (unpaired) electrons. The molecule has 0 bridgehead atoms. The van der Waals surface area contributed by atoms with Gasteiger partial charge >= 0.3 is 5.97 Å². The first-order chi connectivity index (χ1) is 12.5. The number of aromatic nitrogens is 2. The summed E-state index contributed by atoms with van der Waals surface area (Å²) in [6.07, 6.45) is -0.753. The third kappa shape index (κ3) is 3.81. The summed E-state index contributed by atoms with van der Waals surface area (Å²) in [5.41, 5.74) is 0.891. The zero-order valence-electron chi connectivity index (χ0n) is 13.9. The zero-order valence-corrected chi connectivity index (χ0v) is 15.4. The number of carbonyl (C=O) groups excluding carboxylic acids is 1. The number of halogens is 2. The molecule has 3 rings (SSSR count). The molecular formula is C18H14Cl2N2O4. The highest BCUT2D eigenvalue weighted by atomic mass is 35.5. The lowest BCUT2D eigenvalue weighted by atomic mass is 10.2. The highest BCUT2D eigenvalue weighted by Crippen LogP contribution is 2.28. The topological polar surface area (TPSA) is 74.5 Å². The van der Waals surface area contributed by atoms with E-state index in [-0.39, 0.29) is 21.5 Å². The third-order valence-corrected chi connectivity index (χ3v) is 4.40. The number of methoxy groups -OCH3 is 1. The number of benzene rings is 2. The largest absolute Gasteiger partial charge is 0.497 e. The van der Waals surface area contributed by atoms with Crippen LogP contribution >= 0.6 is 23.2 Å². The summed E-state index contributed by atoms with van der Waals surface area (Å²) in [5.74, 6) is 0.567. The molecule has 0 N–H and O–H groups in total. The minimum absolute atomic E-state index is 0.135. The Balaban J connectivity index is 1.74. The van der Waals surface area contributed by atoms with Crippen LogP contribution in [0.3, 0.4) is 0 Å². The molecule has 1 heterocycles. The fourth-order valence-electron chi connectivity index (χ4n) is 2.19. The van der Waals surface area contributed by atoms with E-state index in [2.05, 4.69) is 10.2 Å². The summed E-state index contributed by atoms with van der Waals surface area (Å²) in [6.45, 7) is 1.63. The Hall–Kier alpha value is -2.57. The molecule has 6 nitrogen and oxygen atoms in total. The molecule has 0 saturated heterocycles. The van der Waals surface area contributed by atoms with Crippen LogP contribution in [0.5, 0.6) is 5.75 Å². The van der Waals surface area contributed by atoms with Crippen LogP contribution in [0.1, 0.15) is 29.3 Å². The van der Waals surface area contributed by atoms with Crippen molar-refractivity contribution in [1.29, 1.82) is 0 Å². The molecule has 0 aliphatic heterocycles. The molecule has 134 valence electrons. The summed E-state index contributed by atoms with van der Waals surface area (Å²) in [5, 5.41) is 8.32. The Morgan fingerprint density at radius 1 is 1.12 bits per heavy atom. The van der Waals surface area contributed by atoms with Gasteiger partial charge in [0.2, 0.25) is 5.89 Å². The second kappa shape index (κ2) is 7.76. The fraction of sp³-hybridized carbons (Fsp3) is 0.167. The summed E-state index contributed by atoms with van der Waals surface area (Å²) >= 11 is 11.9. The monoisotopic (exact) mass is 392 g/mol. The van der Waals surface area contributed by atoms with Crippen LogP contribution in [0.25, 0.3) is 11.5 Å². The second-order valence-corrected chi connectivity index (χ2v) is 6.11. The van der Waals surface area contributed by atoms with E-state index in [0.717, 1.165) is 5.56 Å². The van der Waals surface area contributed by atoms with Gasteiger partial charge in [-0.3, -0.25) is 0 Å². The average Bonchev–Trinajstić information content (AvgIpc) is 3.14. The van der Waals surface area contributed by atoms with Gasteiger partial charge < -0.3 is 13.9 Å². The standard InChI is InChI=1S/C18H14Cl2N2O4/c1-10(25-18(23)13-4-3-5-14(19)15(13)20)16-21-22-17(26-16)11-6-8-12(24-2)9-7-11/h3-10H,1-2H3/t10-/m1/s1. The molecule has 0 aliphatic rings. The number of hydrogen-bond acceptors (Lipinski definition) is 6. The maximum atomic E-state index is 12.3. The van der Waals surface area contributed by atoms with Gasteiger partial charge in [-0.05, 0) is 43.3 Å². The lowest BCUT2D eigenvalue weighted by molar-refractivity contribution is 0.0280. The summed E-state index contributed by atoms with van der Waals surface area (Å²) < 4.78 is 16.1. The molecule has 0 fully saturated rings. The van der Waals surface area contributed by atoms with Crippen molar-refractivity contribution in [2.75, 3.05) is 7.11 Å². The molecule has 8 heteroatoms. The van der Waals surface area contributed by atoms with Crippen molar-refractivity contribution >= 4 is 29.2 Å². The maximum Gasteiger partial charge on any atom is 0.340 e. The van der Waals surface area contributed by atoms with Gasteiger partial charge in [-0.2, -0.15) is 0 Å². The first kappa shape index (κ1) is 18.2. The van der Waals surface area contributed by atoms with Gasteiger partial charge in [-0.25, -0.2) is 4.79 Å². The van der Waals surface area contributed by atoms with E-state index in [0.29, 0.717) is 11.6 Å². The van der Waals surface area contributed by atoms with Gasteiger partial charge in [0.1, 0.15) is 5.75 Å². The van der Waals surface area contributed by atoms with E-state index in [4.69, 9.17) is 37.1 Å². The normalized spacial score (nSPS) is 11.8. The molecule has 1 aromatic heterocycles. The minimum Gasteiger partial charge on any atom is -0.497 e. The SMILES string of the molecule is COc1ccc(-c2nnc([C@@H](C)OC(=O)c3cccc(Cl)c3Cl)o2)cc1. The molecule has 0 amide bonds. The van der Waals surface area contributed by atoms with Crippen LogP contribution in [0.2, 0.25) is 10.0 Å². The Morgan fingerprint density at radius 3 is 2.54 bits per heavy atom. The molecule has 1 atom stereocenters. The van der Waals surface area contributed by atoms with Crippen molar-refractivity contribution in [2.45, 2.75) is 13.0 Å². The fourth-order valence-corrected chi connectivity index (χ4v) is 2.56. The predicted octanol–water partition coefficient (Wildman–Crippen LogP) is 4.97. The van der Waals surface area contributed by atoms with E-state index in [1.54, 1.807) is 50.4 Å². The summed E-state index contributed by atoms with van der Waals surface area (Å²) in [7, 11) is 1.59. The van der Waals surface area contributed by atoms with Gasteiger partial charge in [-0.15, -0.1) is 10.2 Å². The number of rotatable bonds is 5. The average molecular weight is 393 g/mol. The lowest BCUT2D eigenvalue weighted by Crippen LogP contribution is -2.10. The van der Waals surface area contributed by atoms with Crippen molar-refractivity contribution in [3.8, 4) is 17.2 Å². The van der Waals surface area contributed by atoms with E-state index >= 15 is 0 Å². The van der Waals surface area contributed by atoms with Gasteiger partial charge in [0.25, 0.3) is 5.89 Å². The van der Waals surface area contributed by atoms with Gasteiger partial charge in [0, 0.05) is 5.56 Å². The minimum atomic E-state index is -0.753. The summed E-state index contributed by atoms with van der Waals surface area (Å²) in [4.78, 5) is 12.3. The molecule has 0 unspecified atom stereocenters.